The Kier molecular flexibility index (Phi) is 5.36. The maximum atomic E-state index is 12.2. The van der Waals surface area contributed by atoms with E-state index in [9.17, 15) is 4.79 Å². The van der Waals surface area contributed by atoms with Gasteiger partial charge < -0.3 is 5.32 Å². The summed E-state index contributed by atoms with van der Waals surface area (Å²) in [5.41, 5.74) is 2.64. The highest BCUT2D eigenvalue weighted by Crippen LogP contribution is 2.25. The van der Waals surface area contributed by atoms with Crippen LogP contribution in [0.25, 0.3) is 0 Å². The number of hydrogen-bond donors (Lipinski definition) is 1. The molecule has 0 spiro atoms. The van der Waals surface area contributed by atoms with Gasteiger partial charge >= 0.3 is 0 Å². The Hall–Kier alpha value is -1.96. The topological polar surface area (TPSA) is 72.7 Å². The third kappa shape index (κ3) is 4.56. The number of hydrogen-bond acceptors (Lipinski definition) is 5. The van der Waals surface area contributed by atoms with Crippen LogP contribution in [0.15, 0.2) is 24.4 Å². The molecule has 6 nitrogen and oxygen atoms in total. The number of amides is 1. The summed E-state index contributed by atoms with van der Waals surface area (Å²) in [6, 6.07) is 5.33. The molecule has 1 N–H and O–H groups in total. The molecule has 25 heavy (non-hydrogen) atoms. The van der Waals surface area contributed by atoms with Crippen LogP contribution in [0.2, 0.25) is 10.0 Å². The predicted molar refractivity (Wildman–Crippen MR) is 99.5 cm³/mol. The van der Waals surface area contributed by atoms with Gasteiger partial charge in [0.2, 0.25) is 11.0 Å². The Morgan fingerprint density at radius 2 is 2.08 bits per heavy atom. The van der Waals surface area contributed by atoms with Crippen LogP contribution in [0.1, 0.15) is 21.8 Å². The summed E-state index contributed by atoms with van der Waals surface area (Å²) in [7, 11) is 1.83. The summed E-state index contributed by atoms with van der Waals surface area (Å²) in [5, 5.41) is 17.5. The minimum absolute atomic E-state index is 0.150. The number of carbonyl (C=O) groups excluding carboxylic acids is 1. The lowest BCUT2D eigenvalue weighted by Gasteiger charge is -2.01. The second-order valence-corrected chi connectivity index (χ2v) is 7.46. The van der Waals surface area contributed by atoms with Gasteiger partial charge in [-0.15, -0.1) is 10.2 Å². The highest BCUT2D eigenvalue weighted by molar-refractivity contribution is 7.15. The summed E-state index contributed by atoms with van der Waals surface area (Å²) in [6.45, 7) is 1.88. The van der Waals surface area contributed by atoms with Gasteiger partial charge in [-0.3, -0.25) is 9.48 Å². The second-order valence-electron chi connectivity index (χ2n) is 5.55. The van der Waals surface area contributed by atoms with Gasteiger partial charge in [-0.1, -0.05) is 40.6 Å². The first-order valence-electron chi connectivity index (χ1n) is 7.46. The van der Waals surface area contributed by atoms with Crippen LogP contribution in [0.3, 0.4) is 0 Å². The average molecular weight is 396 g/mol. The highest BCUT2D eigenvalue weighted by Gasteiger charge is 2.13. The van der Waals surface area contributed by atoms with Gasteiger partial charge in [0.1, 0.15) is 5.01 Å². The van der Waals surface area contributed by atoms with Gasteiger partial charge in [-0.2, -0.15) is 5.10 Å². The van der Waals surface area contributed by atoms with E-state index in [1.165, 1.54) is 11.3 Å². The van der Waals surface area contributed by atoms with Crippen molar-refractivity contribution in [3.8, 4) is 0 Å². The van der Waals surface area contributed by atoms with Crippen LogP contribution in [0, 0.1) is 6.92 Å². The fraction of sp³-hybridized carbons (Fsp3) is 0.250. The average Bonchev–Trinajstić information content (AvgIpc) is 3.08. The van der Waals surface area contributed by atoms with E-state index >= 15 is 0 Å². The van der Waals surface area contributed by atoms with Crippen molar-refractivity contribution in [1.29, 1.82) is 0 Å². The smallest absolute Gasteiger partial charge is 0.230 e. The van der Waals surface area contributed by atoms with E-state index in [0.717, 1.165) is 21.8 Å². The number of halogens is 2. The summed E-state index contributed by atoms with van der Waals surface area (Å²) >= 11 is 13.4. The van der Waals surface area contributed by atoms with Gasteiger partial charge in [0.05, 0.1) is 12.1 Å². The van der Waals surface area contributed by atoms with Crippen molar-refractivity contribution in [3.63, 3.8) is 0 Å². The summed E-state index contributed by atoms with van der Waals surface area (Å²) in [4.78, 5) is 12.2. The monoisotopic (exact) mass is 395 g/mol. The molecule has 0 unspecified atom stereocenters. The van der Waals surface area contributed by atoms with E-state index < -0.39 is 0 Å². The lowest BCUT2D eigenvalue weighted by Crippen LogP contribution is -2.14. The summed E-state index contributed by atoms with van der Waals surface area (Å²) in [6.07, 6.45) is 2.62. The molecule has 0 fully saturated rings. The third-order valence-electron chi connectivity index (χ3n) is 3.54. The van der Waals surface area contributed by atoms with Crippen LogP contribution in [0.5, 0.6) is 0 Å². The van der Waals surface area contributed by atoms with Crippen LogP contribution < -0.4 is 5.32 Å². The summed E-state index contributed by atoms with van der Waals surface area (Å²) in [5.74, 6) is -0.150. The van der Waals surface area contributed by atoms with Crippen molar-refractivity contribution >= 4 is 45.6 Å². The minimum atomic E-state index is -0.150. The first-order chi connectivity index (χ1) is 11.9. The Labute approximate surface area is 158 Å². The molecular formula is C16H15Cl2N5OS. The third-order valence-corrected chi connectivity index (χ3v) is 4.96. The molecule has 3 aromatic rings. The molecule has 2 aromatic heterocycles. The van der Waals surface area contributed by atoms with E-state index in [1.807, 2.05) is 26.2 Å². The van der Waals surface area contributed by atoms with Crippen LogP contribution in [0.4, 0.5) is 5.13 Å². The van der Waals surface area contributed by atoms with Crippen molar-refractivity contribution < 1.29 is 4.79 Å². The SMILES string of the molecule is Cc1nn(C)cc1CC(=O)Nc1nnc(Cc2ccc(Cl)cc2Cl)s1. The standard InChI is InChI=1S/C16H15Cl2N5OS/c1-9-11(8-23(2)22-9)5-14(24)19-16-21-20-15(25-16)6-10-3-4-12(17)7-13(10)18/h3-4,7-8H,5-6H2,1-2H3,(H,19,21,24). The van der Waals surface area contributed by atoms with E-state index in [2.05, 4.69) is 20.6 Å². The number of anilines is 1. The molecular weight excluding hydrogens is 381 g/mol. The quantitative estimate of drug-likeness (QED) is 0.715. The molecule has 3 rings (SSSR count). The highest BCUT2D eigenvalue weighted by atomic mass is 35.5. The minimum Gasteiger partial charge on any atom is -0.300 e. The van der Waals surface area contributed by atoms with E-state index in [0.29, 0.717) is 21.6 Å². The molecule has 0 saturated heterocycles. The number of rotatable bonds is 5. The maximum absolute atomic E-state index is 12.2. The molecule has 0 aliphatic carbocycles. The zero-order valence-corrected chi connectivity index (χ0v) is 15.9. The van der Waals surface area contributed by atoms with Crippen molar-refractivity contribution in [3.05, 3.63) is 56.3 Å². The van der Waals surface area contributed by atoms with Crippen molar-refractivity contribution in [2.45, 2.75) is 19.8 Å². The largest absolute Gasteiger partial charge is 0.300 e. The van der Waals surface area contributed by atoms with Crippen LogP contribution in [-0.4, -0.2) is 25.9 Å². The first kappa shape index (κ1) is 17.8. The molecule has 1 amide bonds. The Morgan fingerprint density at radius 1 is 1.28 bits per heavy atom. The molecule has 0 saturated carbocycles. The number of carbonyl (C=O) groups is 1. The Morgan fingerprint density at radius 3 is 2.76 bits per heavy atom. The van der Waals surface area contributed by atoms with Crippen LogP contribution >= 0.6 is 34.5 Å². The normalized spacial score (nSPS) is 10.9. The zero-order valence-electron chi connectivity index (χ0n) is 13.6. The van der Waals surface area contributed by atoms with Gasteiger partial charge in [-0.05, 0) is 24.6 Å². The molecule has 0 bridgehead atoms. The fourth-order valence-corrected chi connectivity index (χ4v) is 3.62. The van der Waals surface area contributed by atoms with Gasteiger partial charge in [0, 0.05) is 35.3 Å². The molecule has 130 valence electrons. The summed E-state index contributed by atoms with van der Waals surface area (Å²) < 4.78 is 1.69. The Balaban J connectivity index is 1.63. The molecule has 0 radical (unpaired) electrons. The fourth-order valence-electron chi connectivity index (χ4n) is 2.36. The van der Waals surface area contributed by atoms with Crippen molar-refractivity contribution in [2.24, 2.45) is 7.05 Å². The molecule has 0 atom stereocenters. The number of nitrogens with zero attached hydrogens (tertiary/aromatic N) is 4. The molecule has 0 aliphatic heterocycles. The number of aryl methyl sites for hydroxylation is 2. The molecule has 9 heteroatoms. The number of aromatic nitrogens is 4. The second kappa shape index (κ2) is 7.51. The zero-order chi connectivity index (χ0) is 18.0. The number of benzene rings is 1. The predicted octanol–water partition coefficient (Wildman–Crippen LogP) is 3.66. The van der Waals surface area contributed by atoms with Crippen molar-refractivity contribution in [1.82, 2.24) is 20.0 Å². The molecule has 2 heterocycles. The van der Waals surface area contributed by atoms with Crippen LogP contribution in [-0.2, 0) is 24.7 Å². The number of nitrogens with one attached hydrogen (secondary N) is 1. The molecule has 1 aromatic carbocycles. The van der Waals surface area contributed by atoms with E-state index in [1.54, 1.807) is 16.8 Å². The van der Waals surface area contributed by atoms with Gasteiger partial charge in [0.15, 0.2) is 0 Å². The van der Waals surface area contributed by atoms with E-state index in [4.69, 9.17) is 23.2 Å². The van der Waals surface area contributed by atoms with Crippen molar-refractivity contribution in [2.75, 3.05) is 5.32 Å². The lowest BCUT2D eigenvalue weighted by molar-refractivity contribution is -0.115. The van der Waals surface area contributed by atoms with Gasteiger partial charge in [-0.25, -0.2) is 0 Å². The molecule has 0 aliphatic rings. The Bertz CT molecular complexity index is 921. The maximum Gasteiger partial charge on any atom is 0.230 e. The van der Waals surface area contributed by atoms with E-state index in [-0.39, 0.29) is 12.3 Å². The first-order valence-corrected chi connectivity index (χ1v) is 9.03. The van der Waals surface area contributed by atoms with Gasteiger partial charge in [0.25, 0.3) is 0 Å². The lowest BCUT2D eigenvalue weighted by atomic mass is 10.2.